The van der Waals surface area contributed by atoms with Crippen molar-refractivity contribution in [2.24, 2.45) is 5.92 Å². The van der Waals surface area contributed by atoms with Crippen LogP contribution in [0.1, 0.15) is 40.5 Å². The summed E-state index contributed by atoms with van der Waals surface area (Å²) in [7, 11) is -1.08. The fourth-order valence-corrected chi connectivity index (χ4v) is 3.90. The number of hydrogen-bond donors (Lipinski definition) is 1. The molecule has 7 heteroatoms. The SMILES string of the molecule is CC(CNC1CCS(=O)(=O)CC1)CN(C)C(=O)OC(C)(C)C. The van der Waals surface area contributed by atoms with Gasteiger partial charge < -0.3 is 15.0 Å². The quantitative estimate of drug-likeness (QED) is 0.827. The van der Waals surface area contributed by atoms with Gasteiger partial charge in [0.25, 0.3) is 0 Å². The summed E-state index contributed by atoms with van der Waals surface area (Å²) in [6, 6.07) is 0.262. The van der Waals surface area contributed by atoms with Gasteiger partial charge in [-0.1, -0.05) is 6.92 Å². The Bertz CT molecular complexity index is 456. The van der Waals surface area contributed by atoms with Gasteiger partial charge >= 0.3 is 6.09 Å². The summed E-state index contributed by atoms with van der Waals surface area (Å²) in [6.45, 7) is 8.97. The molecular formula is C15H30N2O4S. The van der Waals surface area contributed by atoms with E-state index in [2.05, 4.69) is 12.2 Å². The van der Waals surface area contributed by atoms with Gasteiger partial charge in [0, 0.05) is 19.6 Å². The van der Waals surface area contributed by atoms with E-state index in [1.807, 2.05) is 20.8 Å². The van der Waals surface area contributed by atoms with E-state index in [4.69, 9.17) is 4.74 Å². The van der Waals surface area contributed by atoms with Crippen LogP contribution in [0.2, 0.25) is 0 Å². The van der Waals surface area contributed by atoms with E-state index in [0.29, 0.717) is 19.4 Å². The van der Waals surface area contributed by atoms with Crippen molar-refractivity contribution in [2.75, 3.05) is 31.6 Å². The standard InChI is InChI=1S/C15H30N2O4S/c1-12(11-17(5)14(18)21-15(2,3)4)10-16-13-6-8-22(19,20)9-7-13/h12-13,16H,6-11H2,1-5H3. The number of ether oxygens (including phenoxy) is 1. The van der Waals surface area contributed by atoms with Gasteiger partial charge in [0.2, 0.25) is 0 Å². The Hall–Kier alpha value is -0.820. The van der Waals surface area contributed by atoms with Gasteiger partial charge in [-0.2, -0.15) is 0 Å². The second-order valence-corrected chi connectivity index (χ2v) is 9.60. The number of carbonyl (C=O) groups is 1. The molecule has 1 aliphatic heterocycles. The van der Waals surface area contributed by atoms with E-state index < -0.39 is 15.4 Å². The molecule has 1 atom stereocenters. The molecule has 0 radical (unpaired) electrons. The summed E-state index contributed by atoms with van der Waals surface area (Å²) in [5.74, 6) is 0.823. The number of nitrogens with zero attached hydrogens (tertiary/aromatic N) is 1. The van der Waals surface area contributed by atoms with Crippen molar-refractivity contribution in [3.8, 4) is 0 Å². The Kier molecular flexibility index (Phi) is 6.67. The van der Waals surface area contributed by atoms with Gasteiger partial charge in [-0.3, -0.25) is 0 Å². The van der Waals surface area contributed by atoms with E-state index >= 15 is 0 Å². The average Bonchev–Trinajstić information content (AvgIpc) is 2.35. The van der Waals surface area contributed by atoms with Crippen molar-refractivity contribution in [2.45, 2.75) is 52.2 Å². The first-order chi connectivity index (χ1) is 9.98. The van der Waals surface area contributed by atoms with E-state index in [0.717, 1.165) is 6.54 Å². The van der Waals surface area contributed by atoms with Gasteiger partial charge in [-0.25, -0.2) is 13.2 Å². The molecule has 0 spiro atoms. The Balaban J connectivity index is 2.28. The summed E-state index contributed by atoms with van der Waals surface area (Å²) < 4.78 is 28.1. The number of hydrogen-bond acceptors (Lipinski definition) is 5. The van der Waals surface area contributed by atoms with Crippen molar-refractivity contribution >= 4 is 15.9 Å². The molecule has 1 heterocycles. The van der Waals surface area contributed by atoms with E-state index in [9.17, 15) is 13.2 Å². The topological polar surface area (TPSA) is 75.7 Å². The number of sulfone groups is 1. The lowest BCUT2D eigenvalue weighted by atomic mass is 10.1. The van der Waals surface area contributed by atoms with Crippen LogP contribution in [-0.4, -0.2) is 62.7 Å². The monoisotopic (exact) mass is 334 g/mol. The lowest BCUT2D eigenvalue weighted by molar-refractivity contribution is 0.0276. The van der Waals surface area contributed by atoms with E-state index in [1.165, 1.54) is 0 Å². The van der Waals surface area contributed by atoms with Gasteiger partial charge in [-0.15, -0.1) is 0 Å². The summed E-state index contributed by atoms with van der Waals surface area (Å²) in [6.07, 6.45) is 1.04. The summed E-state index contributed by atoms with van der Waals surface area (Å²) >= 11 is 0. The van der Waals surface area contributed by atoms with E-state index in [1.54, 1.807) is 11.9 Å². The molecule has 0 aliphatic carbocycles. The summed E-state index contributed by atoms with van der Waals surface area (Å²) in [5, 5.41) is 3.41. The Morgan fingerprint density at radius 1 is 1.32 bits per heavy atom. The minimum Gasteiger partial charge on any atom is -0.444 e. The first-order valence-electron chi connectivity index (χ1n) is 7.86. The van der Waals surface area contributed by atoms with Gasteiger partial charge in [0.1, 0.15) is 15.4 Å². The Labute approximate surface area is 134 Å². The second-order valence-electron chi connectivity index (χ2n) is 7.30. The highest BCUT2D eigenvalue weighted by Crippen LogP contribution is 2.13. The van der Waals surface area contributed by atoms with Crippen LogP contribution in [0.15, 0.2) is 0 Å². The van der Waals surface area contributed by atoms with Gasteiger partial charge in [0.05, 0.1) is 11.5 Å². The fraction of sp³-hybridized carbons (Fsp3) is 0.933. The summed E-state index contributed by atoms with van der Waals surface area (Å²) in [5.41, 5.74) is -0.486. The maximum absolute atomic E-state index is 11.9. The van der Waals surface area contributed by atoms with Crippen molar-refractivity contribution < 1.29 is 17.9 Å². The third kappa shape index (κ3) is 7.45. The second kappa shape index (κ2) is 7.64. The Morgan fingerprint density at radius 3 is 2.36 bits per heavy atom. The molecule has 0 bridgehead atoms. The summed E-state index contributed by atoms with van der Waals surface area (Å²) in [4.78, 5) is 13.5. The van der Waals surface area contributed by atoms with Crippen LogP contribution in [0, 0.1) is 5.92 Å². The molecule has 1 unspecified atom stereocenters. The molecule has 1 fully saturated rings. The predicted octanol–water partition coefficient (Wildman–Crippen LogP) is 1.66. The third-order valence-corrected chi connectivity index (χ3v) is 5.32. The molecule has 0 aromatic rings. The van der Waals surface area contributed by atoms with Gasteiger partial charge in [-0.05, 0) is 46.1 Å². The maximum atomic E-state index is 11.9. The van der Waals surface area contributed by atoms with Crippen molar-refractivity contribution in [1.29, 1.82) is 0 Å². The highest BCUT2D eigenvalue weighted by atomic mass is 32.2. The average molecular weight is 334 g/mol. The van der Waals surface area contributed by atoms with Crippen LogP contribution in [-0.2, 0) is 14.6 Å². The number of nitrogens with one attached hydrogen (secondary N) is 1. The third-order valence-electron chi connectivity index (χ3n) is 3.60. The molecule has 1 N–H and O–H groups in total. The molecule has 130 valence electrons. The molecule has 1 amide bonds. The van der Waals surface area contributed by atoms with Gasteiger partial charge in [0.15, 0.2) is 0 Å². The first kappa shape index (κ1) is 19.2. The molecule has 0 aromatic heterocycles. The van der Waals surface area contributed by atoms with Crippen LogP contribution in [0.25, 0.3) is 0 Å². The number of amides is 1. The minimum absolute atomic E-state index is 0.262. The van der Waals surface area contributed by atoms with E-state index in [-0.39, 0.29) is 29.6 Å². The van der Waals surface area contributed by atoms with Crippen LogP contribution >= 0.6 is 0 Å². The first-order valence-corrected chi connectivity index (χ1v) is 9.68. The number of rotatable bonds is 5. The van der Waals surface area contributed by atoms with Crippen LogP contribution in [0.5, 0.6) is 0 Å². The largest absolute Gasteiger partial charge is 0.444 e. The molecule has 1 aliphatic rings. The molecule has 22 heavy (non-hydrogen) atoms. The zero-order chi connectivity index (χ0) is 17.0. The lowest BCUT2D eigenvalue weighted by Crippen LogP contribution is -2.42. The van der Waals surface area contributed by atoms with Crippen molar-refractivity contribution in [3.63, 3.8) is 0 Å². The molecular weight excluding hydrogens is 304 g/mol. The zero-order valence-corrected chi connectivity index (χ0v) is 15.2. The molecule has 0 aromatic carbocycles. The van der Waals surface area contributed by atoms with Crippen LogP contribution in [0.4, 0.5) is 4.79 Å². The highest BCUT2D eigenvalue weighted by molar-refractivity contribution is 7.91. The molecule has 0 saturated carbocycles. The highest BCUT2D eigenvalue weighted by Gasteiger charge is 2.24. The normalized spacial score (nSPS) is 20.4. The maximum Gasteiger partial charge on any atom is 0.410 e. The fourth-order valence-electron chi connectivity index (χ4n) is 2.41. The Morgan fingerprint density at radius 2 is 1.86 bits per heavy atom. The smallest absolute Gasteiger partial charge is 0.410 e. The molecule has 1 saturated heterocycles. The minimum atomic E-state index is -2.81. The number of carbonyl (C=O) groups excluding carboxylic acids is 1. The van der Waals surface area contributed by atoms with Crippen molar-refractivity contribution in [1.82, 2.24) is 10.2 Å². The molecule has 6 nitrogen and oxygen atoms in total. The van der Waals surface area contributed by atoms with Crippen LogP contribution < -0.4 is 5.32 Å². The lowest BCUT2D eigenvalue weighted by Gasteiger charge is -2.28. The van der Waals surface area contributed by atoms with Crippen molar-refractivity contribution in [3.05, 3.63) is 0 Å². The molecule has 1 rings (SSSR count). The van der Waals surface area contributed by atoms with Crippen LogP contribution in [0.3, 0.4) is 0 Å². The predicted molar refractivity (Wildman–Crippen MR) is 87.7 cm³/mol. The zero-order valence-electron chi connectivity index (χ0n) is 14.4.